The van der Waals surface area contributed by atoms with Crippen molar-refractivity contribution < 1.29 is 47.5 Å². The molecule has 0 aromatic carbocycles. The lowest BCUT2D eigenvalue weighted by atomic mass is 10.1. The van der Waals surface area contributed by atoms with E-state index in [2.05, 4.69) is 67.0 Å². The van der Waals surface area contributed by atoms with E-state index in [1.54, 1.807) is 0 Å². The van der Waals surface area contributed by atoms with Crippen LogP contribution in [0.2, 0.25) is 0 Å². The second-order valence-corrected chi connectivity index (χ2v) is 16.6. The van der Waals surface area contributed by atoms with E-state index >= 15 is 0 Å². The fraction of sp³-hybridized carbons (Fsp3) is 0.761. The van der Waals surface area contributed by atoms with E-state index in [0.29, 0.717) is 12.8 Å². The maximum atomic E-state index is 12.6. The van der Waals surface area contributed by atoms with Crippen molar-refractivity contribution in [2.45, 2.75) is 206 Å². The van der Waals surface area contributed by atoms with Crippen LogP contribution in [0.1, 0.15) is 194 Å². The number of aliphatic carboxylic acids is 1. The van der Waals surface area contributed by atoms with E-state index in [1.165, 1.54) is 89.9 Å². The molecule has 0 rings (SSSR count). The summed E-state index contributed by atoms with van der Waals surface area (Å²) in [4.78, 5) is 46.0. The van der Waals surface area contributed by atoms with Gasteiger partial charge in [0.2, 0.25) is 0 Å². The van der Waals surface area contributed by atoms with Crippen LogP contribution < -0.4 is 5.73 Å². The van der Waals surface area contributed by atoms with Crippen LogP contribution in [0.4, 0.5) is 0 Å². The summed E-state index contributed by atoms with van der Waals surface area (Å²) in [5.74, 6) is -2.41. The molecule has 0 aliphatic carbocycles. The fourth-order valence-electron chi connectivity index (χ4n) is 5.95. The lowest BCUT2D eigenvalue weighted by Gasteiger charge is -2.20. The van der Waals surface area contributed by atoms with Crippen LogP contribution in [-0.2, 0) is 37.5 Å². The lowest BCUT2D eigenvalue weighted by molar-refractivity contribution is -0.161. The summed E-state index contributed by atoms with van der Waals surface area (Å²) < 4.78 is 32.7. The van der Waals surface area contributed by atoms with Crippen molar-refractivity contribution in [3.05, 3.63) is 48.6 Å². The molecule has 0 saturated carbocycles. The SMILES string of the molecule is CCCCC/C=C/C/C=C/C/C=C/CCCCCCC(=O)O[C@H](COC(=O)CCCCCCCCCCC/C=C/CCCCCC)COP(=O)(O)OC[C@H](N)C(=O)O. The van der Waals surface area contributed by atoms with Crippen LogP contribution in [-0.4, -0.2) is 59.9 Å². The summed E-state index contributed by atoms with van der Waals surface area (Å²) in [5.41, 5.74) is 5.33. The average molecular weight is 840 g/mol. The van der Waals surface area contributed by atoms with Gasteiger partial charge in [-0.3, -0.25) is 23.4 Å². The molecule has 0 spiro atoms. The van der Waals surface area contributed by atoms with E-state index in [1.807, 2.05) is 0 Å². The molecule has 12 heteroatoms. The lowest BCUT2D eigenvalue weighted by Crippen LogP contribution is -2.34. The highest BCUT2D eigenvalue weighted by atomic mass is 31.2. The number of ether oxygens (including phenoxy) is 2. The van der Waals surface area contributed by atoms with Crippen LogP contribution in [0.15, 0.2) is 48.6 Å². The number of unbranched alkanes of at least 4 members (excludes halogenated alkanes) is 20. The van der Waals surface area contributed by atoms with Gasteiger partial charge in [-0.15, -0.1) is 0 Å². The number of hydrogen-bond donors (Lipinski definition) is 3. The van der Waals surface area contributed by atoms with Crippen LogP contribution >= 0.6 is 7.82 Å². The Balaban J connectivity index is 4.38. The van der Waals surface area contributed by atoms with E-state index in [-0.39, 0.29) is 19.4 Å². The third-order valence-electron chi connectivity index (χ3n) is 9.55. The molecular formula is C46H82NO10P. The average Bonchev–Trinajstić information content (AvgIpc) is 3.20. The van der Waals surface area contributed by atoms with Crippen molar-refractivity contribution in [3.63, 3.8) is 0 Å². The van der Waals surface area contributed by atoms with Gasteiger partial charge in [0, 0.05) is 12.8 Å². The molecule has 0 aliphatic rings. The Labute approximate surface area is 352 Å². The van der Waals surface area contributed by atoms with Crippen LogP contribution in [0.3, 0.4) is 0 Å². The standard InChI is InChI=1S/C46H82NO10P/c1-3-5-7-9-11-13-15-17-19-21-23-25-27-29-31-33-35-37-44(48)54-39-42(40-55-58(52,53)56-41-43(47)46(50)51)57-45(49)38-36-34-32-30-28-26-24-22-20-18-16-14-12-10-8-6-4-2/h12-15,18,20,24,26,42-43H,3-11,16-17,19,21-23,25,27-41,47H2,1-2H3,(H,50,51)(H,52,53)/b14-12+,15-13+,20-18+,26-24+/t42-,43+/m1/s1. The van der Waals surface area contributed by atoms with Gasteiger partial charge in [0.05, 0.1) is 13.2 Å². The number of carboxylic acid groups (broad SMARTS) is 1. The number of carbonyl (C=O) groups excluding carboxylic acids is 2. The first-order chi connectivity index (χ1) is 28.1. The first kappa shape index (κ1) is 55.4. The molecule has 0 fully saturated rings. The van der Waals surface area contributed by atoms with E-state index in [4.69, 9.17) is 24.8 Å². The van der Waals surface area contributed by atoms with Gasteiger partial charge in [-0.05, 0) is 77.0 Å². The molecule has 336 valence electrons. The molecule has 11 nitrogen and oxygen atoms in total. The van der Waals surface area contributed by atoms with Gasteiger partial charge in [-0.1, -0.05) is 152 Å². The molecule has 0 aromatic heterocycles. The number of esters is 2. The molecular weight excluding hydrogens is 757 g/mol. The molecule has 0 heterocycles. The van der Waals surface area contributed by atoms with Gasteiger partial charge < -0.3 is 25.2 Å². The van der Waals surface area contributed by atoms with Crippen LogP contribution in [0.25, 0.3) is 0 Å². The van der Waals surface area contributed by atoms with Gasteiger partial charge in [0.1, 0.15) is 12.6 Å². The topological polar surface area (TPSA) is 172 Å². The Morgan fingerprint density at radius 1 is 0.534 bits per heavy atom. The molecule has 58 heavy (non-hydrogen) atoms. The number of carbonyl (C=O) groups is 3. The summed E-state index contributed by atoms with van der Waals surface area (Å²) in [6.07, 6.45) is 45.9. The highest BCUT2D eigenvalue weighted by molar-refractivity contribution is 7.47. The summed E-state index contributed by atoms with van der Waals surface area (Å²) in [5, 5.41) is 8.89. The van der Waals surface area contributed by atoms with Crippen molar-refractivity contribution in [2.75, 3.05) is 19.8 Å². The molecule has 0 amide bonds. The summed E-state index contributed by atoms with van der Waals surface area (Å²) in [6.45, 7) is 2.74. The normalized spacial score (nSPS) is 14.1. The quantitative estimate of drug-likeness (QED) is 0.0231. The maximum absolute atomic E-state index is 12.6. The maximum Gasteiger partial charge on any atom is 0.472 e. The summed E-state index contributed by atoms with van der Waals surface area (Å²) in [6, 6.07) is -1.53. The van der Waals surface area contributed by atoms with Crippen molar-refractivity contribution in [3.8, 4) is 0 Å². The Morgan fingerprint density at radius 2 is 0.914 bits per heavy atom. The minimum atomic E-state index is -4.72. The van der Waals surface area contributed by atoms with Gasteiger partial charge in [0.25, 0.3) is 0 Å². The Hall–Kier alpha value is -2.56. The Morgan fingerprint density at radius 3 is 1.41 bits per heavy atom. The minimum absolute atomic E-state index is 0.134. The van der Waals surface area contributed by atoms with Gasteiger partial charge in [-0.2, -0.15) is 0 Å². The predicted octanol–water partition coefficient (Wildman–Crippen LogP) is 12.2. The number of nitrogens with two attached hydrogens (primary N) is 1. The van der Waals surface area contributed by atoms with E-state index in [0.717, 1.165) is 64.2 Å². The molecule has 0 aromatic rings. The number of rotatable bonds is 42. The van der Waals surface area contributed by atoms with Gasteiger partial charge in [-0.25, -0.2) is 4.57 Å². The molecule has 1 unspecified atom stereocenters. The number of phosphoric ester groups is 1. The molecule has 3 atom stereocenters. The van der Waals surface area contributed by atoms with Crippen LogP contribution in [0.5, 0.6) is 0 Å². The van der Waals surface area contributed by atoms with Gasteiger partial charge >= 0.3 is 25.7 Å². The molecule has 4 N–H and O–H groups in total. The first-order valence-corrected chi connectivity index (χ1v) is 24.2. The smallest absolute Gasteiger partial charge is 0.472 e. The molecule has 0 saturated heterocycles. The van der Waals surface area contributed by atoms with E-state index < -0.39 is 51.1 Å². The first-order valence-electron chi connectivity index (χ1n) is 22.7. The van der Waals surface area contributed by atoms with Crippen molar-refractivity contribution in [1.29, 1.82) is 0 Å². The monoisotopic (exact) mass is 840 g/mol. The largest absolute Gasteiger partial charge is 0.480 e. The number of allylic oxidation sites excluding steroid dienone is 8. The predicted molar refractivity (Wildman–Crippen MR) is 235 cm³/mol. The Kier molecular flexibility index (Phi) is 39.4. The highest BCUT2D eigenvalue weighted by Gasteiger charge is 2.28. The van der Waals surface area contributed by atoms with Crippen molar-refractivity contribution in [1.82, 2.24) is 0 Å². The van der Waals surface area contributed by atoms with Crippen LogP contribution in [0, 0.1) is 0 Å². The van der Waals surface area contributed by atoms with E-state index in [9.17, 15) is 23.8 Å². The highest BCUT2D eigenvalue weighted by Crippen LogP contribution is 2.43. The third-order valence-corrected chi connectivity index (χ3v) is 10.5. The zero-order chi connectivity index (χ0) is 42.8. The fourth-order valence-corrected chi connectivity index (χ4v) is 6.73. The molecule has 0 bridgehead atoms. The number of hydrogen-bond acceptors (Lipinski definition) is 9. The third kappa shape index (κ3) is 40.2. The van der Waals surface area contributed by atoms with Gasteiger partial charge in [0.15, 0.2) is 6.10 Å². The zero-order valence-electron chi connectivity index (χ0n) is 36.4. The van der Waals surface area contributed by atoms with Crippen molar-refractivity contribution in [2.24, 2.45) is 5.73 Å². The molecule has 0 aliphatic heterocycles. The summed E-state index contributed by atoms with van der Waals surface area (Å²) >= 11 is 0. The molecule has 0 radical (unpaired) electrons. The summed E-state index contributed by atoms with van der Waals surface area (Å²) in [7, 11) is -4.72. The second kappa shape index (κ2) is 41.2. The number of carboxylic acids is 1. The van der Waals surface area contributed by atoms with Crippen molar-refractivity contribution >= 4 is 25.7 Å². The second-order valence-electron chi connectivity index (χ2n) is 15.2. The Bertz CT molecular complexity index is 1170. The number of phosphoric acid groups is 1. The minimum Gasteiger partial charge on any atom is -0.480 e. The zero-order valence-corrected chi connectivity index (χ0v) is 37.3.